The quantitative estimate of drug-likeness (QED) is 0.0185. The van der Waals surface area contributed by atoms with Crippen molar-refractivity contribution in [3.05, 3.63) is 71.8 Å². The number of carboxylic acid groups (broad SMARTS) is 1. The van der Waals surface area contributed by atoms with E-state index in [0.717, 1.165) is 0 Å². The number of nitrogens with two attached hydrogens (primary N) is 5. The van der Waals surface area contributed by atoms with Gasteiger partial charge < -0.3 is 90.8 Å². The van der Waals surface area contributed by atoms with Crippen molar-refractivity contribution in [3.8, 4) is 0 Å². The van der Waals surface area contributed by atoms with Crippen molar-refractivity contribution in [1.82, 2.24) is 51.9 Å². The summed E-state index contributed by atoms with van der Waals surface area (Å²) < 4.78 is 0. The molecule has 3 aliphatic rings. The summed E-state index contributed by atoms with van der Waals surface area (Å²) in [4.78, 5) is 164. The van der Waals surface area contributed by atoms with Crippen LogP contribution in [-0.4, -0.2) is 208 Å². The van der Waals surface area contributed by atoms with Gasteiger partial charge in [0.2, 0.25) is 59.1 Å². The molecule has 19 N–H and O–H groups in total. The highest BCUT2D eigenvalue weighted by Gasteiger charge is 2.45. The molecule has 2 aromatic rings. The molecule has 3 heterocycles. The Morgan fingerprint density at radius 2 is 1.01 bits per heavy atom. The average Bonchev–Trinajstić information content (AvgIpc) is 2.94. The Morgan fingerprint density at radius 1 is 0.560 bits per heavy atom. The van der Waals surface area contributed by atoms with E-state index in [4.69, 9.17) is 28.7 Å². The number of aliphatic hydroxyl groups is 1. The normalized spacial score (nSPS) is 18.8. The maximum atomic E-state index is 14.4. The third kappa shape index (κ3) is 21.9. The van der Waals surface area contributed by atoms with E-state index >= 15 is 0 Å². The Hall–Kier alpha value is -8.93. The third-order valence-electron chi connectivity index (χ3n) is 16.5. The van der Waals surface area contributed by atoms with E-state index in [0.29, 0.717) is 49.7 Å². The molecule has 3 fully saturated rings. The van der Waals surface area contributed by atoms with Crippen molar-refractivity contribution in [2.45, 2.75) is 172 Å². The first-order valence-electron chi connectivity index (χ1n) is 31.1. The highest BCUT2D eigenvalue weighted by molar-refractivity contribution is 5.99. The zero-order chi connectivity index (χ0) is 66.9. The lowest BCUT2D eigenvalue weighted by Gasteiger charge is -2.33. The van der Waals surface area contributed by atoms with Gasteiger partial charge in [0.15, 0.2) is 11.9 Å². The molecule has 30 nitrogen and oxygen atoms in total. The molecule has 0 spiro atoms. The molecule has 0 unspecified atom stereocenters. The number of rotatable bonds is 34. The monoisotopic (exact) mass is 1270 g/mol. The summed E-state index contributed by atoms with van der Waals surface area (Å²) in [6, 6.07) is 5.14. The summed E-state index contributed by atoms with van der Waals surface area (Å²) in [7, 11) is 0. The third-order valence-corrected chi connectivity index (χ3v) is 16.5. The predicted molar refractivity (Wildman–Crippen MR) is 336 cm³/mol. The fraction of sp³-hybridized carbons (Fsp3) is 0.590. The number of guanidine groups is 2. The number of aliphatic carboxylic acids is 1. The average molecular weight is 1270 g/mol. The molecule has 0 radical (unpaired) electrons. The van der Waals surface area contributed by atoms with Crippen LogP contribution in [0.3, 0.4) is 0 Å². The van der Waals surface area contributed by atoms with E-state index in [9.17, 15) is 63.0 Å². The Morgan fingerprint density at radius 3 is 1.52 bits per heavy atom. The summed E-state index contributed by atoms with van der Waals surface area (Å²) in [5, 5.41) is 38.9. The summed E-state index contributed by atoms with van der Waals surface area (Å²) in [6.45, 7) is 6.03. The second-order valence-electron chi connectivity index (χ2n) is 23.6. The topological polar surface area (TPSA) is 477 Å². The Kier molecular flexibility index (Phi) is 28.8. The molecule has 5 rings (SSSR count). The van der Waals surface area contributed by atoms with E-state index < -0.39 is 145 Å². The van der Waals surface area contributed by atoms with Crippen molar-refractivity contribution in [3.63, 3.8) is 0 Å². The van der Waals surface area contributed by atoms with Crippen LogP contribution in [-0.2, 0) is 65.6 Å². The lowest BCUT2D eigenvalue weighted by Crippen LogP contribution is -2.60. The van der Waals surface area contributed by atoms with Crippen molar-refractivity contribution in [2.75, 3.05) is 45.9 Å². The molecule has 0 aliphatic carbocycles. The van der Waals surface area contributed by atoms with Crippen LogP contribution in [0.4, 0.5) is 0 Å². The van der Waals surface area contributed by atoms with Crippen LogP contribution >= 0.6 is 0 Å². The van der Waals surface area contributed by atoms with Gasteiger partial charge in [0, 0.05) is 45.6 Å². The van der Waals surface area contributed by atoms with Crippen molar-refractivity contribution in [2.24, 2.45) is 50.5 Å². The molecule has 91 heavy (non-hydrogen) atoms. The van der Waals surface area contributed by atoms with Crippen LogP contribution in [0.25, 0.3) is 0 Å². The molecule has 0 saturated carbocycles. The fourth-order valence-electron chi connectivity index (χ4n) is 11.2. The first-order chi connectivity index (χ1) is 43.3. The molecule has 11 atom stereocenters. The van der Waals surface area contributed by atoms with Gasteiger partial charge in [-0.1, -0.05) is 94.8 Å². The van der Waals surface area contributed by atoms with E-state index in [2.05, 4.69) is 47.2 Å². The molecule has 3 aliphatic heterocycles. The summed E-state index contributed by atoms with van der Waals surface area (Å²) in [5.41, 5.74) is 29.4. The second-order valence-corrected chi connectivity index (χ2v) is 23.6. The highest BCUT2D eigenvalue weighted by Crippen LogP contribution is 2.27. The number of hydrogen-bond acceptors (Lipinski definition) is 15. The first kappa shape index (κ1) is 72.8. The van der Waals surface area contributed by atoms with E-state index in [1.54, 1.807) is 74.5 Å². The predicted octanol–water partition coefficient (Wildman–Crippen LogP) is -3.32. The van der Waals surface area contributed by atoms with Crippen LogP contribution in [0.2, 0.25) is 0 Å². The molecular weight excluding hydrogens is 1180 g/mol. The van der Waals surface area contributed by atoms with Gasteiger partial charge in [-0.15, -0.1) is 0 Å². The van der Waals surface area contributed by atoms with Crippen LogP contribution in [0.5, 0.6) is 0 Å². The molecule has 10 amide bonds. The van der Waals surface area contributed by atoms with Gasteiger partial charge in [-0.25, -0.2) is 4.79 Å². The number of amides is 10. The number of nitrogens with zero attached hydrogens (tertiary/aromatic N) is 5. The van der Waals surface area contributed by atoms with E-state index in [-0.39, 0.29) is 95.5 Å². The zero-order valence-corrected chi connectivity index (χ0v) is 52.4. The lowest BCUT2D eigenvalue weighted by atomic mass is 9.98. The SMILES string of the molecule is CC[C@H](C)[C@H](N)C(=O)N[C@@H](CCCN=C(N)N)C(=O)N1CCC[C@H]1C(=O)N1CCC[C@H]1C(=O)NCC(=O)N[C@@H](Cc1ccccc1)C(=O)N[C@@H](CO)C(=O)N1CCC[C@H]1C(=O)N[C@@H](Cc1ccccc1)C(=O)N[C@@H](CCCN=C(N)N)C(=O)N[C@H](C(=O)O)C(C)C. The van der Waals surface area contributed by atoms with Gasteiger partial charge in [0.1, 0.15) is 54.4 Å². The summed E-state index contributed by atoms with van der Waals surface area (Å²) >= 11 is 0. The van der Waals surface area contributed by atoms with Crippen molar-refractivity contribution >= 4 is 77.0 Å². The zero-order valence-electron chi connectivity index (χ0n) is 52.4. The maximum Gasteiger partial charge on any atom is 0.326 e. The lowest BCUT2D eigenvalue weighted by molar-refractivity contribution is -0.148. The Labute approximate surface area is 529 Å². The maximum absolute atomic E-state index is 14.4. The number of likely N-dealkylation sites (tertiary alicyclic amines) is 3. The van der Waals surface area contributed by atoms with Crippen molar-refractivity contribution in [1.29, 1.82) is 0 Å². The van der Waals surface area contributed by atoms with Crippen LogP contribution in [0.15, 0.2) is 70.6 Å². The molecule has 0 aromatic heterocycles. The minimum Gasteiger partial charge on any atom is -0.480 e. The number of carbonyl (C=O) groups excluding carboxylic acids is 10. The molecule has 0 bridgehead atoms. The van der Waals surface area contributed by atoms with Gasteiger partial charge in [-0.05, 0) is 87.2 Å². The second kappa shape index (κ2) is 36.1. The number of nitrogens with one attached hydrogen (secondary N) is 7. The number of aliphatic imine (C=N–C) groups is 2. The first-order valence-corrected chi connectivity index (χ1v) is 31.1. The number of carbonyl (C=O) groups is 11. The highest BCUT2D eigenvalue weighted by atomic mass is 16.4. The number of carboxylic acids is 1. The Balaban J connectivity index is 1.26. The van der Waals surface area contributed by atoms with E-state index in [1.807, 2.05) is 13.8 Å². The Bertz CT molecular complexity index is 2890. The fourth-order valence-corrected chi connectivity index (χ4v) is 11.2. The molecule has 2 aromatic carbocycles. The van der Waals surface area contributed by atoms with Crippen LogP contribution in [0.1, 0.15) is 109 Å². The largest absolute Gasteiger partial charge is 0.480 e. The molecule has 3 saturated heterocycles. The molecule has 500 valence electrons. The van der Waals surface area contributed by atoms with Gasteiger partial charge in [-0.3, -0.25) is 57.9 Å². The van der Waals surface area contributed by atoms with Crippen LogP contribution in [0, 0.1) is 11.8 Å². The van der Waals surface area contributed by atoms with Gasteiger partial charge in [-0.2, -0.15) is 0 Å². The number of aliphatic hydroxyl groups excluding tert-OH is 1. The molecule has 30 heteroatoms. The minimum absolute atomic E-state index is 0.0134. The standard InChI is InChI=1S/C61H93N17O13/c1-5-36(4)48(62)55(86)72-40(22-13-27-68-61(65)66)56(87)78-30-16-25-46(78)58(89)77-29-14-23-44(77)53(84)69-33-47(80)70-41(31-37-17-8-6-9-18-37)51(82)74-43(34-79)57(88)76-28-15-24-45(76)54(85)73-42(32-38-19-10-7-11-20-38)52(83)71-39(21-12-26-67-60(63)64)50(81)75-49(35(2)3)59(90)91/h6-11,17-20,35-36,39-46,48-49,79H,5,12-16,21-34,62H2,1-4H3,(H,69,84)(H,70,80)(H,71,83)(H,72,86)(H,73,85)(H,74,82)(H,75,81)(H,90,91)(H4,63,64,67)(H4,65,66,68)/t36-,39-,40-,41-,42-,43-,44-,45-,46-,48-,49-/m0/s1. The minimum atomic E-state index is -1.64. The van der Waals surface area contributed by atoms with Gasteiger partial charge in [0.25, 0.3) is 0 Å². The van der Waals surface area contributed by atoms with Crippen molar-refractivity contribution < 1.29 is 63.0 Å². The summed E-state index contributed by atoms with van der Waals surface area (Å²) in [6.07, 6.45) is 2.97. The van der Waals surface area contributed by atoms with Gasteiger partial charge in [0.05, 0.1) is 19.2 Å². The van der Waals surface area contributed by atoms with E-state index in [1.165, 1.54) is 14.7 Å². The molecular formula is C61H93N17O13. The summed E-state index contributed by atoms with van der Waals surface area (Å²) in [5.74, 6) is -9.39. The number of benzene rings is 2. The number of hydrogen-bond donors (Lipinski definition) is 14. The van der Waals surface area contributed by atoms with Crippen LogP contribution < -0.4 is 65.9 Å². The smallest absolute Gasteiger partial charge is 0.326 e. The van der Waals surface area contributed by atoms with Gasteiger partial charge >= 0.3 is 5.97 Å².